The molecule has 0 aromatic carbocycles. The molecule has 1 amide bonds. The number of ether oxygens (including phenoxy) is 1. The third kappa shape index (κ3) is 3.41. The van der Waals surface area contributed by atoms with E-state index in [-0.39, 0.29) is 24.2 Å². The lowest BCUT2D eigenvalue weighted by molar-refractivity contribution is -0.152. The van der Waals surface area contributed by atoms with Gasteiger partial charge in [-0.1, -0.05) is 0 Å². The Hall–Kier alpha value is -3.09. The predicted octanol–water partition coefficient (Wildman–Crippen LogP) is -1.92. The van der Waals surface area contributed by atoms with Gasteiger partial charge in [0, 0.05) is 12.7 Å². The van der Waals surface area contributed by atoms with Crippen LogP contribution in [0.4, 0.5) is 0 Å². The molecule has 12 heteroatoms. The minimum Gasteiger partial charge on any atom is -0.388 e. The number of hydrogen-bond acceptors (Lipinski definition) is 8. The predicted molar refractivity (Wildman–Crippen MR) is 99.1 cm³/mol. The van der Waals surface area contributed by atoms with Crippen LogP contribution in [-0.2, 0) is 18.3 Å². The minimum absolute atomic E-state index is 0.00852. The second-order valence-corrected chi connectivity index (χ2v) is 7.00. The molecule has 12 nitrogen and oxygen atoms in total. The largest absolute Gasteiger partial charge is 0.388 e. The highest BCUT2D eigenvalue weighted by Gasteiger charge is 2.39. The molecule has 4 atom stereocenters. The third-order valence-corrected chi connectivity index (χ3v) is 5.21. The Labute approximate surface area is 164 Å². The molecule has 1 fully saturated rings. The van der Waals surface area contributed by atoms with Gasteiger partial charge < -0.3 is 29.8 Å². The molecular weight excluding hydrogens is 382 g/mol. The number of amides is 1. The fourth-order valence-corrected chi connectivity index (χ4v) is 3.36. The van der Waals surface area contributed by atoms with Crippen molar-refractivity contribution in [2.75, 3.05) is 6.61 Å². The van der Waals surface area contributed by atoms with E-state index in [0.717, 1.165) is 0 Å². The minimum atomic E-state index is -1.26. The summed E-state index contributed by atoms with van der Waals surface area (Å²) in [5, 5.41) is 27.7. The van der Waals surface area contributed by atoms with Crippen LogP contribution in [0.15, 0.2) is 23.6 Å². The average molecular weight is 403 g/mol. The molecule has 0 saturated carbocycles. The summed E-state index contributed by atoms with van der Waals surface area (Å²) < 4.78 is 8.83. The lowest BCUT2D eigenvalue weighted by Gasteiger charge is -2.38. The molecule has 0 unspecified atom stereocenters. The van der Waals surface area contributed by atoms with E-state index in [4.69, 9.17) is 4.74 Å². The number of carbonyl (C=O) groups excluding carboxylic acids is 1. The number of aromatic amines is 1. The molecule has 4 heterocycles. The fraction of sp³-hybridized carbons (Fsp3) is 0.471. The van der Waals surface area contributed by atoms with E-state index >= 15 is 0 Å². The second-order valence-electron chi connectivity index (χ2n) is 7.00. The van der Waals surface area contributed by atoms with Gasteiger partial charge in [-0.05, 0) is 6.92 Å². The Balaban J connectivity index is 1.45. The Bertz CT molecular complexity index is 1100. The number of aliphatic hydroxyl groups excluding tert-OH is 2. The van der Waals surface area contributed by atoms with Crippen molar-refractivity contribution in [3.63, 3.8) is 0 Å². The van der Waals surface area contributed by atoms with Crippen molar-refractivity contribution in [3.8, 4) is 0 Å². The van der Waals surface area contributed by atoms with Crippen molar-refractivity contribution in [1.82, 2.24) is 34.6 Å². The molecule has 4 rings (SSSR count). The highest BCUT2D eigenvalue weighted by molar-refractivity contribution is 5.95. The number of H-pyrrole nitrogens is 1. The van der Waals surface area contributed by atoms with Gasteiger partial charge >= 0.3 is 0 Å². The van der Waals surface area contributed by atoms with E-state index < -0.39 is 30.3 Å². The summed E-state index contributed by atoms with van der Waals surface area (Å²) in [6.45, 7) is 1.90. The maximum atomic E-state index is 12.4. The number of hydrogen-bond donors (Lipinski definition) is 4. The number of fused-ring (bicyclic) bond motifs is 1. The van der Waals surface area contributed by atoms with Crippen LogP contribution in [0.25, 0.3) is 11.2 Å². The zero-order chi connectivity index (χ0) is 20.7. The lowest BCUT2D eigenvalue weighted by atomic mass is 9.97. The van der Waals surface area contributed by atoms with E-state index in [1.165, 1.54) is 18.9 Å². The van der Waals surface area contributed by atoms with Gasteiger partial charge in [0.15, 0.2) is 11.2 Å². The molecule has 0 bridgehead atoms. The summed E-state index contributed by atoms with van der Waals surface area (Å²) in [4.78, 5) is 34.7. The monoisotopic (exact) mass is 403 g/mol. The molecule has 4 N–H and O–H groups in total. The Kier molecular flexibility index (Phi) is 4.90. The first-order valence-electron chi connectivity index (χ1n) is 9.02. The highest BCUT2D eigenvalue weighted by Crippen LogP contribution is 2.19. The second kappa shape index (κ2) is 7.39. The van der Waals surface area contributed by atoms with E-state index in [2.05, 4.69) is 25.4 Å². The number of aryl methyl sites for hydroxylation is 1. The molecule has 3 aromatic heterocycles. The van der Waals surface area contributed by atoms with Crippen LogP contribution in [0.3, 0.4) is 0 Å². The smallest absolute Gasteiger partial charge is 0.278 e. The summed E-state index contributed by atoms with van der Waals surface area (Å²) in [5.41, 5.74) is 1.23. The normalized spacial score (nSPS) is 24.7. The fourth-order valence-electron chi connectivity index (χ4n) is 3.36. The summed E-state index contributed by atoms with van der Waals surface area (Å²) in [6.07, 6.45) is 0.871. The van der Waals surface area contributed by atoms with Gasteiger partial charge in [0.05, 0.1) is 43.6 Å². The quantitative estimate of drug-likeness (QED) is 0.392. The Morgan fingerprint density at radius 2 is 2.17 bits per heavy atom. The Morgan fingerprint density at radius 3 is 2.90 bits per heavy atom. The van der Waals surface area contributed by atoms with Crippen LogP contribution in [0.1, 0.15) is 16.1 Å². The maximum absolute atomic E-state index is 12.4. The number of carbonyl (C=O) groups is 1. The Morgan fingerprint density at radius 1 is 1.38 bits per heavy atom. The summed E-state index contributed by atoms with van der Waals surface area (Å²) in [6, 6.07) is -0.783. The number of rotatable bonds is 4. The van der Waals surface area contributed by atoms with E-state index in [1.54, 1.807) is 23.2 Å². The molecule has 1 saturated heterocycles. The van der Waals surface area contributed by atoms with Gasteiger partial charge in [-0.2, -0.15) is 5.10 Å². The van der Waals surface area contributed by atoms with Crippen molar-refractivity contribution in [1.29, 1.82) is 0 Å². The van der Waals surface area contributed by atoms with Crippen LogP contribution in [-0.4, -0.2) is 76.4 Å². The molecule has 0 spiro atoms. The maximum Gasteiger partial charge on any atom is 0.278 e. The number of imidazole rings is 1. The van der Waals surface area contributed by atoms with Crippen LogP contribution < -0.4 is 10.9 Å². The zero-order valence-electron chi connectivity index (χ0n) is 15.8. The number of nitrogens with zero attached hydrogens (tertiary/aromatic N) is 5. The van der Waals surface area contributed by atoms with E-state index in [0.29, 0.717) is 16.9 Å². The highest BCUT2D eigenvalue weighted by atomic mass is 16.5. The van der Waals surface area contributed by atoms with Gasteiger partial charge in [0.2, 0.25) is 0 Å². The summed E-state index contributed by atoms with van der Waals surface area (Å²) >= 11 is 0. The van der Waals surface area contributed by atoms with E-state index in [9.17, 15) is 19.8 Å². The van der Waals surface area contributed by atoms with Gasteiger partial charge in [-0.15, -0.1) is 0 Å². The SMILES string of the molecule is Cc1c(C(=O)N[C@@H]2CO[C@H](Cn3cnc4c(=O)[nH]cnc43)[C@@H](O)[C@H]2O)cnn1C. The van der Waals surface area contributed by atoms with Crippen molar-refractivity contribution < 1.29 is 19.7 Å². The molecule has 1 aliphatic heterocycles. The van der Waals surface area contributed by atoms with Crippen molar-refractivity contribution in [2.24, 2.45) is 7.05 Å². The molecule has 3 aromatic rings. The van der Waals surface area contributed by atoms with Crippen LogP contribution in [0.2, 0.25) is 0 Å². The molecule has 0 aliphatic carbocycles. The van der Waals surface area contributed by atoms with E-state index in [1.807, 2.05) is 0 Å². The molecule has 1 aliphatic rings. The molecule has 0 radical (unpaired) electrons. The number of aliphatic hydroxyl groups is 2. The van der Waals surface area contributed by atoms with Crippen molar-refractivity contribution >= 4 is 17.1 Å². The zero-order valence-corrected chi connectivity index (χ0v) is 15.8. The van der Waals surface area contributed by atoms with Gasteiger partial charge in [-0.3, -0.25) is 14.3 Å². The number of aromatic nitrogens is 6. The third-order valence-electron chi connectivity index (χ3n) is 5.21. The standard InChI is InChI=1S/C17H21N7O5/c1-8-9(3-21-23(8)2)16(27)22-10-5-29-11(14(26)13(10)25)4-24-7-20-12-15(24)18-6-19-17(12)28/h3,6-7,10-11,13-14,25-26H,4-5H2,1-2H3,(H,22,27)(H,18,19,28)/t10-,11-,13+,14-/m1/s1. The molecule has 154 valence electrons. The first kappa shape index (κ1) is 19.2. The van der Waals surface area contributed by atoms with Crippen LogP contribution >= 0.6 is 0 Å². The average Bonchev–Trinajstić information content (AvgIpc) is 3.26. The van der Waals surface area contributed by atoms with Crippen LogP contribution in [0, 0.1) is 6.92 Å². The van der Waals surface area contributed by atoms with Crippen molar-refractivity contribution in [2.45, 2.75) is 37.8 Å². The summed E-state index contributed by atoms with van der Waals surface area (Å²) in [5.74, 6) is -0.405. The first-order chi connectivity index (χ1) is 13.9. The van der Waals surface area contributed by atoms with Gasteiger partial charge in [-0.25, -0.2) is 9.97 Å². The first-order valence-corrected chi connectivity index (χ1v) is 9.02. The molecule has 29 heavy (non-hydrogen) atoms. The van der Waals surface area contributed by atoms with Crippen LogP contribution in [0.5, 0.6) is 0 Å². The van der Waals surface area contributed by atoms with Gasteiger partial charge in [0.25, 0.3) is 11.5 Å². The molecular formula is C17H21N7O5. The topological polar surface area (TPSA) is 160 Å². The lowest BCUT2D eigenvalue weighted by Crippen LogP contribution is -2.60. The van der Waals surface area contributed by atoms with Crippen molar-refractivity contribution in [3.05, 3.63) is 40.5 Å². The number of nitrogens with one attached hydrogen (secondary N) is 2. The summed E-state index contributed by atoms with van der Waals surface area (Å²) in [7, 11) is 1.72. The van der Waals surface area contributed by atoms with Gasteiger partial charge in [0.1, 0.15) is 18.3 Å².